The van der Waals surface area contributed by atoms with Crippen LogP contribution in [0.2, 0.25) is 0 Å². The fraction of sp³-hybridized carbons (Fsp3) is 0.857. The van der Waals surface area contributed by atoms with Crippen LogP contribution >= 0.6 is 0 Å². The second-order valence-corrected chi connectivity index (χ2v) is 2.77. The highest BCUT2D eigenvalue weighted by Crippen LogP contribution is 2.09. The maximum atomic E-state index is 10.8. The fourth-order valence-corrected chi connectivity index (χ4v) is 1.30. The molecule has 3 N–H and O–H groups in total. The van der Waals surface area contributed by atoms with Crippen LogP contribution in [0.25, 0.3) is 0 Å². The number of aliphatic hydroxyl groups is 2. The first-order chi connectivity index (χ1) is 5.25. The van der Waals surface area contributed by atoms with Gasteiger partial charge in [-0.2, -0.15) is 0 Å². The maximum absolute atomic E-state index is 10.8. The Bertz CT molecular complexity index is 143. The number of hydrogen-bond donors (Lipinski definition) is 3. The molecule has 0 aromatic rings. The molecule has 11 heavy (non-hydrogen) atoms. The fourth-order valence-electron chi connectivity index (χ4n) is 1.30. The van der Waals surface area contributed by atoms with Crippen LogP contribution in [0.5, 0.6) is 0 Å². The van der Waals surface area contributed by atoms with Gasteiger partial charge < -0.3 is 15.5 Å². The van der Waals surface area contributed by atoms with Crippen molar-refractivity contribution in [2.75, 3.05) is 13.2 Å². The van der Waals surface area contributed by atoms with Crippen molar-refractivity contribution < 1.29 is 15.0 Å². The topological polar surface area (TPSA) is 69.6 Å². The summed E-state index contributed by atoms with van der Waals surface area (Å²) in [6.07, 6.45) is 0.773. The molecule has 2 unspecified atom stereocenters. The molecule has 0 bridgehead atoms. The molecular formula is C7H13NO3. The van der Waals surface area contributed by atoms with Crippen molar-refractivity contribution in [3.8, 4) is 0 Å². The van der Waals surface area contributed by atoms with Gasteiger partial charge >= 0.3 is 0 Å². The van der Waals surface area contributed by atoms with E-state index in [2.05, 4.69) is 5.32 Å². The molecular weight excluding hydrogens is 146 g/mol. The molecule has 0 amide bonds. The number of nitrogens with one attached hydrogen (secondary N) is 1. The first-order valence-corrected chi connectivity index (χ1v) is 3.80. The Hall–Kier alpha value is -0.450. The number of aliphatic hydroxyl groups excluding tert-OH is 2. The first kappa shape index (κ1) is 8.64. The minimum Gasteiger partial charge on any atom is -0.388 e. The van der Waals surface area contributed by atoms with E-state index < -0.39 is 18.5 Å². The summed E-state index contributed by atoms with van der Waals surface area (Å²) >= 11 is 0. The lowest BCUT2D eigenvalue weighted by atomic mass is 10.1. The lowest BCUT2D eigenvalue weighted by Crippen LogP contribution is -2.41. The van der Waals surface area contributed by atoms with Gasteiger partial charge in [-0.1, -0.05) is 0 Å². The molecule has 1 fully saturated rings. The predicted octanol–water partition coefficient (Wildman–Crippen LogP) is -1.34. The first-order valence-electron chi connectivity index (χ1n) is 3.80. The number of rotatable bonds is 3. The van der Waals surface area contributed by atoms with E-state index in [1.54, 1.807) is 0 Å². The Morgan fingerprint density at radius 1 is 1.73 bits per heavy atom. The Morgan fingerprint density at radius 3 is 2.91 bits per heavy atom. The second-order valence-electron chi connectivity index (χ2n) is 2.77. The minimum absolute atomic E-state index is 0.144. The van der Waals surface area contributed by atoms with E-state index in [0.29, 0.717) is 0 Å². The van der Waals surface area contributed by atoms with Gasteiger partial charge in [-0.15, -0.1) is 0 Å². The smallest absolute Gasteiger partial charge is 0.188 e. The molecule has 1 rings (SSSR count). The minimum atomic E-state index is -1.03. The van der Waals surface area contributed by atoms with Gasteiger partial charge in [0.15, 0.2) is 5.78 Å². The van der Waals surface area contributed by atoms with Crippen molar-refractivity contribution in [1.29, 1.82) is 0 Å². The van der Waals surface area contributed by atoms with Gasteiger partial charge in [0.25, 0.3) is 0 Å². The van der Waals surface area contributed by atoms with Gasteiger partial charge in [-0.3, -0.25) is 4.79 Å². The summed E-state index contributed by atoms with van der Waals surface area (Å²) in [6, 6.07) is -0.144. The monoisotopic (exact) mass is 159 g/mol. The van der Waals surface area contributed by atoms with Crippen LogP contribution in [0, 0.1) is 0 Å². The molecule has 1 aliphatic rings. The number of Topliss-reactive ketones (excluding diaryl/α,β-unsaturated/α-hetero) is 1. The average molecular weight is 159 g/mol. The molecule has 0 aromatic heterocycles. The zero-order chi connectivity index (χ0) is 8.27. The van der Waals surface area contributed by atoms with Gasteiger partial charge in [0.05, 0.1) is 0 Å². The molecule has 2 atom stereocenters. The molecule has 0 spiro atoms. The van der Waals surface area contributed by atoms with Crippen LogP contribution in [0.15, 0.2) is 0 Å². The lowest BCUT2D eigenvalue weighted by Gasteiger charge is -2.15. The van der Waals surface area contributed by atoms with Crippen LogP contribution in [0.4, 0.5) is 0 Å². The SMILES string of the molecule is O=C(CO)C(O)C1CCCN1. The second kappa shape index (κ2) is 3.80. The highest BCUT2D eigenvalue weighted by atomic mass is 16.3. The Morgan fingerprint density at radius 2 is 2.45 bits per heavy atom. The quantitative estimate of drug-likeness (QED) is 0.477. The van der Waals surface area contributed by atoms with Crippen molar-refractivity contribution in [3.63, 3.8) is 0 Å². The van der Waals surface area contributed by atoms with Crippen molar-refractivity contribution in [2.45, 2.75) is 25.0 Å². The van der Waals surface area contributed by atoms with E-state index in [0.717, 1.165) is 19.4 Å². The summed E-state index contributed by atoms with van der Waals surface area (Å²) in [4.78, 5) is 10.8. The third-order valence-electron chi connectivity index (χ3n) is 1.97. The number of hydrogen-bond acceptors (Lipinski definition) is 4. The highest BCUT2D eigenvalue weighted by molar-refractivity contribution is 5.84. The molecule has 64 valence electrons. The van der Waals surface area contributed by atoms with Gasteiger partial charge in [-0.05, 0) is 19.4 Å². The summed E-state index contributed by atoms with van der Waals surface area (Å²) in [7, 11) is 0. The summed E-state index contributed by atoms with van der Waals surface area (Å²) in [5.41, 5.74) is 0. The van der Waals surface area contributed by atoms with E-state index in [-0.39, 0.29) is 6.04 Å². The van der Waals surface area contributed by atoms with Crippen molar-refractivity contribution in [3.05, 3.63) is 0 Å². The average Bonchev–Trinajstić information content (AvgIpc) is 2.53. The zero-order valence-electron chi connectivity index (χ0n) is 6.29. The van der Waals surface area contributed by atoms with E-state index in [9.17, 15) is 9.90 Å². The summed E-state index contributed by atoms with van der Waals surface area (Å²) < 4.78 is 0. The molecule has 0 saturated carbocycles. The van der Waals surface area contributed by atoms with Crippen molar-refractivity contribution in [2.24, 2.45) is 0 Å². The van der Waals surface area contributed by atoms with Crippen LogP contribution in [0.1, 0.15) is 12.8 Å². The summed E-state index contributed by atoms with van der Waals surface area (Å²) in [5.74, 6) is -0.496. The summed E-state index contributed by atoms with van der Waals surface area (Å²) in [5, 5.41) is 20.7. The number of ketones is 1. The molecule has 0 aliphatic carbocycles. The van der Waals surface area contributed by atoms with Gasteiger partial charge in [0.1, 0.15) is 12.7 Å². The Kier molecular flexibility index (Phi) is 2.99. The van der Waals surface area contributed by atoms with Crippen LogP contribution in [-0.4, -0.2) is 41.3 Å². The van der Waals surface area contributed by atoms with Gasteiger partial charge in [-0.25, -0.2) is 0 Å². The standard InChI is InChI=1S/C7H13NO3/c9-4-6(10)7(11)5-2-1-3-8-5/h5,7-9,11H,1-4H2. The highest BCUT2D eigenvalue weighted by Gasteiger charge is 2.27. The normalized spacial score (nSPS) is 26.9. The largest absolute Gasteiger partial charge is 0.388 e. The molecule has 0 aromatic carbocycles. The van der Waals surface area contributed by atoms with Crippen LogP contribution in [-0.2, 0) is 4.79 Å². The van der Waals surface area contributed by atoms with Crippen molar-refractivity contribution in [1.82, 2.24) is 5.32 Å². The zero-order valence-corrected chi connectivity index (χ0v) is 6.29. The third-order valence-corrected chi connectivity index (χ3v) is 1.97. The van der Waals surface area contributed by atoms with Gasteiger partial charge in [0, 0.05) is 6.04 Å². The third kappa shape index (κ3) is 1.99. The molecule has 4 nitrogen and oxygen atoms in total. The number of carbonyl (C=O) groups excluding carboxylic acids is 1. The molecule has 0 radical (unpaired) electrons. The summed E-state index contributed by atoms with van der Waals surface area (Å²) in [6.45, 7) is 0.278. The molecule has 1 saturated heterocycles. The van der Waals surface area contributed by atoms with E-state index in [1.165, 1.54) is 0 Å². The predicted molar refractivity (Wildman–Crippen MR) is 39.1 cm³/mol. The van der Waals surface area contributed by atoms with E-state index in [1.807, 2.05) is 0 Å². The number of carbonyl (C=O) groups is 1. The van der Waals surface area contributed by atoms with Gasteiger partial charge in [0.2, 0.25) is 0 Å². The lowest BCUT2D eigenvalue weighted by molar-refractivity contribution is -0.131. The van der Waals surface area contributed by atoms with E-state index >= 15 is 0 Å². The molecule has 4 heteroatoms. The molecule has 1 aliphatic heterocycles. The molecule has 1 heterocycles. The Labute approximate surface area is 65.2 Å². The van der Waals surface area contributed by atoms with E-state index in [4.69, 9.17) is 5.11 Å². The van der Waals surface area contributed by atoms with Crippen LogP contribution in [0.3, 0.4) is 0 Å². The van der Waals surface area contributed by atoms with Crippen LogP contribution < -0.4 is 5.32 Å². The maximum Gasteiger partial charge on any atom is 0.188 e. The Balaban J connectivity index is 2.39. The van der Waals surface area contributed by atoms with Crippen molar-refractivity contribution >= 4 is 5.78 Å².